The number of ether oxygens (including phenoxy) is 2. The number of hydrogen-bond acceptors (Lipinski definition) is 4. The van der Waals surface area contributed by atoms with Crippen molar-refractivity contribution in [3.63, 3.8) is 0 Å². The van der Waals surface area contributed by atoms with E-state index >= 15 is 0 Å². The number of carbonyl (C=O) groups excluding carboxylic acids is 2. The lowest BCUT2D eigenvalue weighted by Crippen LogP contribution is -2.57. The molecule has 5 saturated carbocycles. The molecule has 0 aromatic heterocycles. The zero-order valence-electron chi connectivity index (χ0n) is 16.9. The zero-order chi connectivity index (χ0) is 19.7. The minimum atomic E-state index is -0.297. The van der Waals surface area contributed by atoms with E-state index in [2.05, 4.69) is 20.1 Å². The summed E-state index contributed by atoms with van der Waals surface area (Å²) in [6, 6.07) is 0. The van der Waals surface area contributed by atoms with Crippen LogP contribution in [0.25, 0.3) is 0 Å². The van der Waals surface area contributed by atoms with E-state index in [0.717, 1.165) is 24.7 Å². The normalized spacial score (nSPS) is 37.7. The summed E-state index contributed by atoms with van der Waals surface area (Å²) in [4.78, 5) is 22.3. The maximum atomic E-state index is 11.5. The lowest BCUT2D eigenvalue weighted by atomic mass is 9.50. The largest absolute Gasteiger partial charge is 0.456 e. The van der Waals surface area contributed by atoms with E-state index < -0.39 is 0 Å². The Kier molecular flexibility index (Phi) is 5.83. The Balaban J connectivity index is 0.000000168. The fourth-order valence-electron chi connectivity index (χ4n) is 6.05. The highest BCUT2D eigenvalue weighted by atomic mass is 16.6. The average Bonchev–Trinajstić information content (AvgIpc) is 3.05. The molecule has 0 spiro atoms. The molecule has 5 aliphatic carbocycles. The van der Waals surface area contributed by atoms with Gasteiger partial charge in [0.1, 0.15) is 11.2 Å². The van der Waals surface area contributed by atoms with Crippen molar-refractivity contribution in [3.8, 4) is 0 Å². The van der Waals surface area contributed by atoms with Gasteiger partial charge in [0, 0.05) is 12.2 Å². The molecule has 0 N–H and O–H groups in total. The minimum Gasteiger partial charge on any atom is -0.456 e. The van der Waals surface area contributed by atoms with Crippen LogP contribution in [0.4, 0.5) is 0 Å². The molecule has 0 aromatic carbocycles. The second-order valence-electron chi connectivity index (χ2n) is 9.40. The van der Waals surface area contributed by atoms with Crippen LogP contribution in [0.15, 0.2) is 25.3 Å². The van der Waals surface area contributed by atoms with Crippen LogP contribution in [0.3, 0.4) is 0 Å². The van der Waals surface area contributed by atoms with Gasteiger partial charge in [0.25, 0.3) is 0 Å². The highest BCUT2D eigenvalue weighted by molar-refractivity contribution is 5.82. The maximum absolute atomic E-state index is 11.5. The Morgan fingerprint density at radius 1 is 0.815 bits per heavy atom. The molecule has 4 bridgehead atoms. The molecular weight excluding hydrogens is 340 g/mol. The first-order valence-corrected chi connectivity index (χ1v) is 10.5. The van der Waals surface area contributed by atoms with Gasteiger partial charge in [0.2, 0.25) is 0 Å². The molecule has 0 heterocycles. The summed E-state index contributed by atoms with van der Waals surface area (Å²) >= 11 is 0. The van der Waals surface area contributed by atoms with Gasteiger partial charge in [-0.15, -0.1) is 0 Å². The summed E-state index contributed by atoms with van der Waals surface area (Å²) in [5, 5.41) is 0. The van der Waals surface area contributed by atoms with E-state index in [9.17, 15) is 9.59 Å². The lowest BCUT2D eigenvalue weighted by Gasteiger charge is -2.58. The molecule has 27 heavy (non-hydrogen) atoms. The predicted octanol–water partition coefficient (Wildman–Crippen LogP) is 4.98. The van der Waals surface area contributed by atoms with Crippen LogP contribution in [-0.2, 0) is 19.1 Å². The third kappa shape index (κ3) is 4.30. The Labute approximate surface area is 163 Å². The molecule has 0 amide bonds. The Morgan fingerprint density at radius 2 is 1.26 bits per heavy atom. The number of hydrogen-bond donors (Lipinski definition) is 0. The summed E-state index contributed by atoms with van der Waals surface area (Å²) in [6.45, 7) is 11.0. The molecule has 0 saturated heterocycles. The fourth-order valence-corrected chi connectivity index (χ4v) is 6.05. The van der Waals surface area contributed by atoms with E-state index in [1.807, 2.05) is 6.92 Å². The van der Waals surface area contributed by atoms with E-state index in [0.29, 0.717) is 11.8 Å². The van der Waals surface area contributed by atoms with Crippen LogP contribution in [-0.4, -0.2) is 23.1 Å². The van der Waals surface area contributed by atoms with Gasteiger partial charge < -0.3 is 9.47 Å². The maximum Gasteiger partial charge on any atom is 0.330 e. The van der Waals surface area contributed by atoms with Crippen LogP contribution < -0.4 is 0 Å². The van der Waals surface area contributed by atoms with Crippen molar-refractivity contribution in [1.29, 1.82) is 0 Å². The zero-order valence-corrected chi connectivity index (χ0v) is 16.9. The van der Waals surface area contributed by atoms with Crippen molar-refractivity contribution in [2.45, 2.75) is 82.8 Å². The highest BCUT2D eigenvalue weighted by Gasteiger charge is 2.56. The van der Waals surface area contributed by atoms with Gasteiger partial charge in [-0.25, -0.2) is 9.59 Å². The molecule has 5 fully saturated rings. The molecular formula is C23H34O4. The van der Waals surface area contributed by atoms with Crippen molar-refractivity contribution < 1.29 is 19.1 Å². The molecule has 5 aliphatic rings. The van der Waals surface area contributed by atoms with Gasteiger partial charge in [0.05, 0.1) is 0 Å². The van der Waals surface area contributed by atoms with Crippen LogP contribution in [0, 0.1) is 23.7 Å². The molecule has 0 atom stereocenters. The molecule has 0 unspecified atom stereocenters. The quantitative estimate of drug-likeness (QED) is 0.514. The van der Waals surface area contributed by atoms with E-state index in [1.165, 1.54) is 57.1 Å². The van der Waals surface area contributed by atoms with Gasteiger partial charge in [-0.2, -0.15) is 0 Å². The van der Waals surface area contributed by atoms with Crippen LogP contribution in [0.2, 0.25) is 0 Å². The summed E-state index contributed by atoms with van der Waals surface area (Å²) < 4.78 is 10.9. The number of rotatable bonds is 4. The topological polar surface area (TPSA) is 52.6 Å². The second-order valence-corrected chi connectivity index (χ2v) is 9.40. The van der Waals surface area contributed by atoms with E-state index in [1.54, 1.807) is 0 Å². The van der Waals surface area contributed by atoms with Crippen molar-refractivity contribution in [2.24, 2.45) is 23.7 Å². The smallest absolute Gasteiger partial charge is 0.330 e. The first-order valence-electron chi connectivity index (χ1n) is 10.5. The van der Waals surface area contributed by atoms with Crippen molar-refractivity contribution >= 4 is 11.9 Å². The summed E-state index contributed by atoms with van der Waals surface area (Å²) in [6.07, 6.45) is 13.4. The SMILES string of the molecule is C=CC(=O)OC1(C)C2CC3CC(C2)CC1C3.C=CC(=O)OC1(C)CCCC1. The highest BCUT2D eigenvalue weighted by Crippen LogP contribution is 2.59. The van der Waals surface area contributed by atoms with Gasteiger partial charge in [0.15, 0.2) is 0 Å². The van der Waals surface area contributed by atoms with Crippen molar-refractivity contribution in [2.75, 3.05) is 0 Å². The first-order chi connectivity index (χ1) is 12.8. The van der Waals surface area contributed by atoms with Gasteiger partial charge in [-0.05, 0) is 95.3 Å². The lowest BCUT2D eigenvalue weighted by molar-refractivity contribution is -0.198. The summed E-state index contributed by atoms with van der Waals surface area (Å²) in [5.41, 5.74) is -0.399. The van der Waals surface area contributed by atoms with Gasteiger partial charge in [-0.3, -0.25) is 0 Å². The predicted molar refractivity (Wildman–Crippen MR) is 105 cm³/mol. The van der Waals surface area contributed by atoms with E-state index in [4.69, 9.17) is 9.47 Å². The third-order valence-electron chi connectivity index (χ3n) is 7.42. The third-order valence-corrected chi connectivity index (χ3v) is 7.42. The first kappa shape index (κ1) is 20.2. The molecule has 150 valence electrons. The van der Waals surface area contributed by atoms with Gasteiger partial charge >= 0.3 is 11.9 Å². The van der Waals surface area contributed by atoms with Crippen LogP contribution in [0.1, 0.15) is 71.6 Å². The number of carbonyl (C=O) groups is 2. The Morgan fingerprint density at radius 3 is 1.70 bits per heavy atom. The van der Waals surface area contributed by atoms with Gasteiger partial charge in [-0.1, -0.05) is 13.2 Å². The number of esters is 2. The molecule has 4 heteroatoms. The van der Waals surface area contributed by atoms with Crippen molar-refractivity contribution in [3.05, 3.63) is 25.3 Å². The van der Waals surface area contributed by atoms with Crippen molar-refractivity contribution in [1.82, 2.24) is 0 Å². The fraction of sp³-hybridized carbons (Fsp3) is 0.739. The summed E-state index contributed by atoms with van der Waals surface area (Å²) in [5.74, 6) is 2.50. The summed E-state index contributed by atoms with van der Waals surface area (Å²) in [7, 11) is 0. The molecule has 4 nitrogen and oxygen atoms in total. The average molecular weight is 375 g/mol. The van der Waals surface area contributed by atoms with Crippen LogP contribution in [0.5, 0.6) is 0 Å². The molecule has 0 aliphatic heterocycles. The Hall–Kier alpha value is -1.58. The van der Waals surface area contributed by atoms with Crippen LogP contribution >= 0.6 is 0 Å². The molecule has 0 radical (unpaired) electrons. The standard InChI is InChI=1S/C14H20O2.C9H14O2/c1-3-13(15)16-14(2)11-5-9-4-10(7-11)8-12(14)6-9;1-3-8(10)11-9(2)6-4-5-7-9/h3,9-12H,1,4-8H2,2H3;3H,1,4-7H2,2H3. The van der Waals surface area contributed by atoms with E-state index in [-0.39, 0.29) is 23.1 Å². The second kappa shape index (κ2) is 7.81. The molecule has 0 aromatic rings. The molecule has 5 rings (SSSR count). The monoisotopic (exact) mass is 374 g/mol. The minimum absolute atomic E-state index is 0.196. The Bertz CT molecular complexity index is 571.